The summed E-state index contributed by atoms with van der Waals surface area (Å²) in [4.78, 5) is 112. The molecule has 0 spiro atoms. The van der Waals surface area contributed by atoms with Gasteiger partial charge in [0.2, 0.25) is 5.24 Å². The molecule has 0 bridgehead atoms. The molecule has 0 saturated heterocycles. The fourth-order valence-corrected chi connectivity index (χ4v) is 7.50. The van der Waals surface area contributed by atoms with E-state index in [0.717, 1.165) is 26.7 Å². The van der Waals surface area contributed by atoms with E-state index in [1.165, 1.54) is 43.9 Å². The van der Waals surface area contributed by atoms with Crippen molar-refractivity contribution in [3.05, 3.63) is 85.1 Å². The van der Waals surface area contributed by atoms with Crippen molar-refractivity contribution in [2.75, 3.05) is 113 Å². The van der Waals surface area contributed by atoms with Gasteiger partial charge in [-0.2, -0.15) is 7.11 Å². The number of hydrogen-bond acceptors (Lipinski definition) is 23. The third kappa shape index (κ3) is 53.5. The molecule has 6 atom stereocenters. The molecule has 0 fully saturated rings. The molecule has 4 N–H and O–H groups in total. The van der Waals surface area contributed by atoms with Crippen LogP contribution in [0.3, 0.4) is 0 Å². The fraction of sp³-hybridized carbons (Fsp3) is 0.705. The van der Waals surface area contributed by atoms with E-state index in [1.807, 2.05) is 50.7 Å². The van der Waals surface area contributed by atoms with E-state index >= 15 is 0 Å². The predicted molar refractivity (Wildman–Crippen MR) is 410 cm³/mol. The summed E-state index contributed by atoms with van der Waals surface area (Å²) in [5.41, 5.74) is -4.34. The van der Waals surface area contributed by atoms with Crippen LogP contribution in [-0.4, -0.2) is 270 Å². The van der Waals surface area contributed by atoms with Crippen molar-refractivity contribution in [2.45, 2.75) is 225 Å². The van der Waals surface area contributed by atoms with Crippen LogP contribution in [-0.2, 0) is 57.1 Å². The van der Waals surface area contributed by atoms with Crippen molar-refractivity contribution in [3.63, 3.8) is 0 Å². The molecule has 0 aromatic carbocycles. The van der Waals surface area contributed by atoms with E-state index in [2.05, 4.69) is 5.32 Å². The molecule has 0 aromatic rings. The first-order chi connectivity index (χ1) is 49.9. The van der Waals surface area contributed by atoms with Gasteiger partial charge in [0.05, 0.1) is 67.5 Å². The quantitative estimate of drug-likeness (QED) is 0.0760. The van der Waals surface area contributed by atoms with Crippen LogP contribution < -0.4 is 40.0 Å². The molecule has 0 aliphatic carbocycles. The third-order valence-corrected chi connectivity index (χ3v) is 13.5. The van der Waals surface area contributed by atoms with E-state index in [-0.39, 0.29) is 83.7 Å². The van der Waals surface area contributed by atoms with Gasteiger partial charge >= 0.3 is 71.8 Å². The van der Waals surface area contributed by atoms with E-state index in [4.69, 9.17) is 61.8 Å². The number of nitrogens with zero attached hydrogens (tertiary/aromatic N) is 6. The number of esters is 3. The van der Waals surface area contributed by atoms with Crippen molar-refractivity contribution in [1.29, 1.82) is 0 Å². The maximum atomic E-state index is 12.0. The summed E-state index contributed by atoms with van der Waals surface area (Å²) in [7, 11) is 4.53. The molecule has 7 aliphatic heterocycles. The number of rotatable bonds is 3. The number of aliphatic hydroxyl groups excluding tert-OH is 1. The van der Waals surface area contributed by atoms with Gasteiger partial charge in [-0.3, -0.25) is 38.7 Å². The third-order valence-electron chi connectivity index (χ3n) is 12.9. The van der Waals surface area contributed by atoms with Crippen LogP contribution in [0.4, 0.5) is 19.2 Å². The monoisotopic (exact) mass is 1550 g/mol. The molecular formula is C78H133ClN7NaO20. The molecule has 4 amide bonds. The zero-order valence-corrected chi connectivity index (χ0v) is 72.2. The Labute approximate surface area is 673 Å². The van der Waals surface area contributed by atoms with Crippen LogP contribution in [0.2, 0.25) is 0 Å². The summed E-state index contributed by atoms with van der Waals surface area (Å²) in [5.74, 6) is -1.23. The summed E-state index contributed by atoms with van der Waals surface area (Å²) in [6.07, 6.45) is 13.4. The smallest absolute Gasteiger partial charge is 0.857 e. The van der Waals surface area contributed by atoms with Gasteiger partial charge in [0.15, 0.2) is 5.78 Å². The van der Waals surface area contributed by atoms with Gasteiger partial charge in [0.1, 0.15) is 40.6 Å². The van der Waals surface area contributed by atoms with Crippen LogP contribution in [0.5, 0.6) is 0 Å². The number of amides is 4. The molecule has 7 rings (SSSR count). The normalized spacial score (nSPS) is 24.8. The number of halogens is 1. The Balaban J connectivity index is -0.00000122. The van der Waals surface area contributed by atoms with Crippen LogP contribution in [0, 0.1) is 21.7 Å². The minimum absolute atomic E-state index is 0. The number of aliphatic hydroxyl groups is 3. The van der Waals surface area contributed by atoms with Crippen LogP contribution in [0.1, 0.15) is 173 Å². The summed E-state index contributed by atoms with van der Waals surface area (Å²) in [6, 6.07) is 0. The van der Waals surface area contributed by atoms with E-state index in [1.54, 1.807) is 200 Å². The number of ether oxygens (including phenoxy) is 7. The number of ketones is 1. The number of β-amino-alcohol motifs (C(OH)–C–C–N with tert-alkyl or cyclic N) is 3. The summed E-state index contributed by atoms with van der Waals surface area (Å²) in [6.45, 7) is 48.2. The Hall–Kier alpha value is -5.98. The second kappa shape index (κ2) is 49.3. The van der Waals surface area contributed by atoms with Crippen LogP contribution >= 0.6 is 11.6 Å². The number of hydrogen-bond donors (Lipinski definition) is 4. The Kier molecular flexibility index (Phi) is 43.9. The topological polar surface area (TPSA) is 333 Å². The molecule has 608 valence electrons. The Morgan fingerprint density at radius 3 is 1.06 bits per heavy atom. The molecule has 0 aromatic heterocycles. The molecular weight excluding hydrogens is 1410 g/mol. The second-order valence-corrected chi connectivity index (χ2v) is 33.5. The molecule has 27 nitrogen and oxygen atoms in total. The van der Waals surface area contributed by atoms with Crippen molar-refractivity contribution in [2.24, 2.45) is 21.7 Å². The van der Waals surface area contributed by atoms with Gasteiger partial charge in [-0.05, 0) is 195 Å². The largest absolute Gasteiger partial charge is 1.00 e. The van der Waals surface area contributed by atoms with Gasteiger partial charge in [-0.1, -0.05) is 81.5 Å². The average molecular weight is 1550 g/mol. The SMILES string of the molecule is CC(C)(C)C(=O)Cl.CC(C)(C)OC(=O)N1CC=CC(=O)C1.CC(C)(C)OC(=O)N1CC=CC(O)C1.C[O-].[2H]C1(O)C=CCN(C(=O)OC(C)(C)C)C1.[2H]C1(O)C=CCN(C)C1.[2H]C1(OC(=O)C(C)(C)C)C=CCN(C(=O)OC(C)(C)C)C1.[2H]C1(OC(=O)C(C)(C)C)C=CCN(C)C1.[2H]C1(OC(=O)C(C)(C)C)C=CCNC1.[Na+]. The first kappa shape index (κ1) is 95.2. The molecule has 6 unspecified atom stereocenters. The van der Waals surface area contributed by atoms with Crippen molar-refractivity contribution >= 4 is 64.9 Å². The summed E-state index contributed by atoms with van der Waals surface area (Å²) in [5, 5.41) is 38.7. The number of nitrogens with one attached hydrogen (secondary N) is 1. The molecule has 7 aliphatic rings. The zero-order chi connectivity index (χ0) is 87.2. The summed E-state index contributed by atoms with van der Waals surface area (Å²) >= 11 is 5.11. The summed E-state index contributed by atoms with van der Waals surface area (Å²) < 4.78 is 74.9. The van der Waals surface area contributed by atoms with Gasteiger partial charge in [-0.25, -0.2) is 19.2 Å². The van der Waals surface area contributed by atoms with Crippen LogP contribution in [0.25, 0.3) is 0 Å². The van der Waals surface area contributed by atoms with Crippen LogP contribution in [0.15, 0.2) is 85.1 Å². The second-order valence-electron chi connectivity index (χ2n) is 33.2. The minimum Gasteiger partial charge on any atom is -0.857 e. The molecule has 7 heterocycles. The van der Waals surface area contributed by atoms with Gasteiger partial charge < -0.3 is 73.6 Å². The van der Waals surface area contributed by atoms with E-state index in [9.17, 15) is 53.4 Å². The molecule has 0 saturated carbocycles. The van der Waals surface area contributed by atoms with E-state index in [0.29, 0.717) is 52.4 Å². The molecule has 29 heteroatoms. The Morgan fingerprint density at radius 1 is 0.430 bits per heavy atom. The first-order valence-electron chi connectivity index (χ1n) is 37.6. The van der Waals surface area contributed by atoms with Crippen molar-refractivity contribution < 1.29 is 133 Å². The number of carbonyl (C=O) groups excluding carboxylic acids is 9. The van der Waals surface area contributed by atoms with Crippen molar-refractivity contribution in [3.8, 4) is 0 Å². The van der Waals surface area contributed by atoms with Gasteiger partial charge in [-0.15, -0.1) is 0 Å². The Bertz CT molecular complexity index is 3250. The number of likely N-dealkylation sites (N-methyl/N-ethyl adjacent to an activating group) is 2. The zero-order valence-electron chi connectivity index (χ0n) is 74.4. The minimum atomic E-state index is -1.70. The number of carbonyl (C=O) groups is 9. The Morgan fingerprint density at radius 2 is 0.738 bits per heavy atom. The maximum Gasteiger partial charge on any atom is 1.00 e. The first-order valence-corrected chi connectivity index (χ1v) is 35.5. The fourth-order valence-electron chi connectivity index (χ4n) is 7.50. The van der Waals surface area contributed by atoms with E-state index < -0.39 is 99.4 Å². The average Bonchev–Trinajstić information content (AvgIpc) is 0.822. The maximum absolute atomic E-state index is 12.0. The van der Waals surface area contributed by atoms with Gasteiger partial charge in [0.25, 0.3) is 0 Å². The van der Waals surface area contributed by atoms with Crippen molar-refractivity contribution in [1.82, 2.24) is 34.7 Å². The van der Waals surface area contributed by atoms with Gasteiger partial charge in [0, 0.05) is 70.9 Å². The standard InChI is InChI=1S/C15H25NO4.C11H19NO2.2C10H17NO3.C10H15NO3.C10H17NO2.C6H11NO.C5H9ClO.CH3O.Na/c1-14(2,3)12(17)19-11-8-7-9-16(10-11)13(18)20-15(4,5)6;1-11(2,3)10(13)14-9-6-5-7-12(4)8-9;3*1-10(2,3)14-9(13)11-6-4-5-8(12)7-11;1-10(2,3)9(12)13-8-5-4-6-11-7-8;1-7-4-2-3-6(8)5-7;1-5(2,3)4(6)7;1-2;/h7-8,11H,9-10H2,1-6H3;5-6,9H,7-8H2,1-4H3;2*4-5,8,12H,6-7H2,1-3H3;4-5H,6-7H2,1-3H3;4-5,8,11H,6-7H2,1-3H3;2-3,6,8H,4-5H2,1H3;1-3H3;1H3;/q;;;;;;;;-1;+1/i11D;9D;8D;;;8D;6D;;;. The predicted octanol–water partition coefficient (Wildman–Crippen LogP) is 6.60. The molecule has 0 radical (unpaired) electrons. The molecule has 107 heavy (non-hydrogen) atoms.